The van der Waals surface area contributed by atoms with Gasteiger partial charge in [0.15, 0.2) is 0 Å². The molecular formula is C23H21AlO3. The second-order valence-electron chi connectivity index (χ2n) is 6.68. The highest BCUT2D eigenvalue weighted by molar-refractivity contribution is 6.10. The predicted octanol–water partition coefficient (Wildman–Crippen LogP) is 4.94. The van der Waals surface area contributed by atoms with Crippen LogP contribution in [0.25, 0.3) is 0 Å². The molecule has 1 N–H and O–H groups in total. The van der Waals surface area contributed by atoms with Gasteiger partial charge in [-0.1, -0.05) is 80.6 Å². The fraction of sp³-hybridized carbons (Fsp3) is 0.174. The van der Waals surface area contributed by atoms with Crippen molar-refractivity contribution in [2.45, 2.75) is 25.7 Å². The average Bonchev–Trinajstić information content (AvgIpc) is 2.73. The van der Waals surface area contributed by atoms with E-state index in [1.807, 2.05) is 78.1 Å². The van der Waals surface area contributed by atoms with Crippen LogP contribution in [0, 0.1) is 0 Å². The molecule has 0 aliphatic heterocycles. The molecule has 0 saturated carbocycles. The van der Waals surface area contributed by atoms with Gasteiger partial charge in [-0.15, -0.1) is 0 Å². The maximum absolute atomic E-state index is 12.3. The molecule has 3 aromatic carbocycles. The van der Waals surface area contributed by atoms with Crippen molar-refractivity contribution in [2.24, 2.45) is 0 Å². The topological polar surface area (TPSA) is 46.5 Å². The smallest absolute Gasteiger partial charge is 0.485 e. The van der Waals surface area contributed by atoms with E-state index in [-0.39, 0.29) is 23.1 Å². The Kier molecular flexibility index (Phi) is 6.01. The minimum Gasteiger partial charge on any atom is -0.624 e. The van der Waals surface area contributed by atoms with Crippen LogP contribution in [0.4, 0.5) is 0 Å². The first-order valence-corrected chi connectivity index (χ1v) is 9.37. The Balaban J connectivity index is 2.13. The number of hydrogen-bond acceptors (Lipinski definition) is 3. The van der Waals surface area contributed by atoms with Crippen LogP contribution in [0.15, 0.2) is 72.8 Å². The monoisotopic (exact) mass is 372 g/mol. The first-order valence-electron chi connectivity index (χ1n) is 8.90. The van der Waals surface area contributed by atoms with Gasteiger partial charge in [0.05, 0.1) is 5.56 Å². The van der Waals surface area contributed by atoms with Crippen molar-refractivity contribution in [3.63, 3.8) is 0 Å². The third kappa shape index (κ3) is 4.08. The number of carbonyl (C=O) groups excluding carboxylic acids is 1. The lowest BCUT2D eigenvalue weighted by molar-refractivity contribution is 0.0746. The molecule has 0 bridgehead atoms. The van der Waals surface area contributed by atoms with E-state index >= 15 is 0 Å². The van der Waals surface area contributed by atoms with E-state index in [1.54, 1.807) is 6.07 Å². The summed E-state index contributed by atoms with van der Waals surface area (Å²) in [6.45, 7) is 4.12. The summed E-state index contributed by atoms with van der Waals surface area (Å²) in [7, 11) is 0. The van der Waals surface area contributed by atoms with Crippen molar-refractivity contribution in [2.75, 3.05) is 0 Å². The van der Waals surface area contributed by atoms with Crippen LogP contribution in [-0.2, 0) is 3.79 Å². The van der Waals surface area contributed by atoms with Gasteiger partial charge in [0.1, 0.15) is 5.75 Å². The van der Waals surface area contributed by atoms with E-state index in [2.05, 4.69) is 19.1 Å². The van der Waals surface area contributed by atoms with E-state index in [9.17, 15) is 9.90 Å². The molecular weight excluding hydrogens is 351 g/mol. The minimum atomic E-state index is -0.568. The second-order valence-corrected chi connectivity index (χ2v) is 6.91. The molecule has 0 heterocycles. The molecule has 0 aliphatic rings. The lowest BCUT2D eigenvalue weighted by Gasteiger charge is -2.21. The van der Waals surface area contributed by atoms with E-state index in [0.29, 0.717) is 5.56 Å². The van der Waals surface area contributed by atoms with Gasteiger partial charge in [-0.25, -0.2) is 4.79 Å². The average molecular weight is 372 g/mol. The number of hydrogen-bond donors (Lipinski definition) is 1. The van der Waals surface area contributed by atoms with E-state index < -0.39 is 5.97 Å². The Morgan fingerprint density at radius 2 is 1.37 bits per heavy atom. The Morgan fingerprint density at radius 3 is 1.89 bits per heavy atom. The van der Waals surface area contributed by atoms with E-state index in [1.165, 1.54) is 0 Å². The molecule has 0 spiro atoms. The molecule has 0 fully saturated rings. The van der Waals surface area contributed by atoms with Crippen molar-refractivity contribution >= 4 is 22.6 Å². The molecule has 2 atom stereocenters. The summed E-state index contributed by atoms with van der Waals surface area (Å²) < 4.78 is 4.82. The summed E-state index contributed by atoms with van der Waals surface area (Å²) in [6.07, 6.45) is 0. The molecule has 2 radical (unpaired) electrons. The molecule has 0 saturated heterocycles. The number of carbonyl (C=O) groups is 1. The van der Waals surface area contributed by atoms with Crippen LogP contribution >= 0.6 is 0 Å². The van der Waals surface area contributed by atoms with Crippen LogP contribution < -0.4 is 0 Å². The fourth-order valence-electron chi connectivity index (χ4n) is 3.33. The first kappa shape index (κ1) is 19.2. The van der Waals surface area contributed by atoms with E-state index in [4.69, 9.17) is 3.79 Å². The maximum atomic E-state index is 12.3. The van der Waals surface area contributed by atoms with Gasteiger partial charge in [0.25, 0.3) is 0 Å². The summed E-state index contributed by atoms with van der Waals surface area (Å²) in [4.78, 5) is 12.3. The zero-order valence-corrected chi connectivity index (χ0v) is 16.6. The summed E-state index contributed by atoms with van der Waals surface area (Å²) in [5.74, 6) is -0.585. The van der Waals surface area contributed by atoms with Gasteiger partial charge in [-0.05, 0) is 22.8 Å². The molecule has 0 aromatic heterocycles. The lowest BCUT2D eigenvalue weighted by Crippen LogP contribution is -2.09. The molecule has 3 nitrogen and oxygen atoms in total. The third-order valence-electron chi connectivity index (χ3n) is 5.05. The van der Waals surface area contributed by atoms with Crippen LogP contribution in [0.3, 0.4) is 0 Å². The Hall–Kier alpha value is -2.54. The number of aromatic hydroxyl groups is 1. The third-order valence-corrected chi connectivity index (χ3v) is 5.27. The molecule has 3 rings (SSSR count). The zero-order valence-electron chi connectivity index (χ0n) is 15.4. The normalized spacial score (nSPS) is 13.0. The summed E-state index contributed by atoms with van der Waals surface area (Å²) in [5.41, 5.74) is 4.08. The number of benzene rings is 3. The number of phenols is 1. The summed E-state index contributed by atoms with van der Waals surface area (Å²) >= 11 is 1.96. The molecule has 27 heavy (non-hydrogen) atoms. The molecule has 2 unspecified atom stereocenters. The van der Waals surface area contributed by atoms with Gasteiger partial charge in [0, 0.05) is 17.4 Å². The standard InChI is InChI=1S/C23H22O3.Al/c1-15(17-9-5-3-6-10-17)19-13-20(22(24)21(14-19)23(25)26)16(2)18-11-7-4-8-12-18;/h3-16,24H,1-2H3,(H,25,26);/q;+1/p-1. The minimum absolute atomic E-state index is 0.0252. The molecule has 3 aromatic rings. The largest absolute Gasteiger partial charge is 0.624 e. The first-order chi connectivity index (χ1) is 13.0. The molecule has 134 valence electrons. The van der Waals surface area contributed by atoms with Gasteiger partial charge in [0.2, 0.25) is 0 Å². The highest BCUT2D eigenvalue weighted by atomic mass is 27.1. The molecule has 4 heteroatoms. The van der Waals surface area contributed by atoms with Crippen LogP contribution in [0.5, 0.6) is 5.75 Å². The number of rotatable bonds is 5. The molecule has 0 amide bonds. The molecule has 0 aliphatic carbocycles. The highest BCUT2D eigenvalue weighted by Crippen LogP contribution is 2.37. The summed E-state index contributed by atoms with van der Waals surface area (Å²) in [5, 5.41) is 10.8. The van der Waals surface area contributed by atoms with E-state index in [0.717, 1.165) is 16.7 Å². The van der Waals surface area contributed by atoms with Gasteiger partial charge in [-0.2, -0.15) is 0 Å². The Labute approximate surface area is 168 Å². The van der Waals surface area contributed by atoms with Crippen LogP contribution in [0.2, 0.25) is 0 Å². The van der Waals surface area contributed by atoms with Crippen molar-refractivity contribution in [1.29, 1.82) is 0 Å². The van der Waals surface area contributed by atoms with Crippen molar-refractivity contribution in [1.82, 2.24) is 0 Å². The van der Waals surface area contributed by atoms with Crippen molar-refractivity contribution in [3.05, 3.63) is 101 Å². The summed E-state index contributed by atoms with van der Waals surface area (Å²) in [6, 6.07) is 23.7. The Bertz CT molecular complexity index is 923. The maximum Gasteiger partial charge on any atom is 0.485 e. The number of phenolic OH excluding ortho intramolecular Hbond substituents is 1. The second kappa shape index (κ2) is 8.44. The highest BCUT2D eigenvalue weighted by Gasteiger charge is 2.22. The SMILES string of the molecule is CC(c1ccccc1)c1cc(C(=O)[O][Al])c(O)c(C(C)c2ccccc2)c1. The van der Waals surface area contributed by atoms with Crippen LogP contribution in [0.1, 0.15) is 58.3 Å². The van der Waals surface area contributed by atoms with Crippen LogP contribution in [-0.4, -0.2) is 27.7 Å². The fourth-order valence-corrected chi connectivity index (χ4v) is 3.46. The van der Waals surface area contributed by atoms with Gasteiger partial charge < -0.3 is 8.90 Å². The zero-order chi connectivity index (χ0) is 19.4. The predicted molar refractivity (Wildman–Crippen MR) is 107 cm³/mol. The van der Waals surface area contributed by atoms with Gasteiger partial charge in [-0.3, -0.25) is 0 Å². The van der Waals surface area contributed by atoms with Crippen molar-refractivity contribution in [3.8, 4) is 5.75 Å². The quantitative estimate of drug-likeness (QED) is 0.646. The Morgan fingerprint density at radius 1 is 0.852 bits per heavy atom. The lowest BCUT2D eigenvalue weighted by atomic mass is 9.85. The van der Waals surface area contributed by atoms with Crippen molar-refractivity contribution < 1.29 is 13.7 Å². The van der Waals surface area contributed by atoms with Gasteiger partial charge >= 0.3 is 22.6 Å².